The van der Waals surface area contributed by atoms with E-state index in [2.05, 4.69) is 17.6 Å². The van der Waals surface area contributed by atoms with Crippen LogP contribution in [0.25, 0.3) is 6.08 Å². The number of rotatable bonds is 10. The van der Waals surface area contributed by atoms with Gasteiger partial charge in [0.15, 0.2) is 17.0 Å². The maximum absolute atomic E-state index is 14.2. The highest BCUT2D eigenvalue weighted by atomic mass is 16.5. The van der Waals surface area contributed by atoms with Crippen LogP contribution in [0.3, 0.4) is 0 Å². The minimum absolute atomic E-state index is 0.0163. The maximum atomic E-state index is 14.2. The van der Waals surface area contributed by atoms with Gasteiger partial charge in [0.2, 0.25) is 0 Å². The number of amides is 1. The van der Waals surface area contributed by atoms with Gasteiger partial charge in [-0.05, 0) is 65.4 Å². The Labute approximate surface area is 257 Å². The fourth-order valence-corrected chi connectivity index (χ4v) is 5.65. The summed E-state index contributed by atoms with van der Waals surface area (Å²) in [5.74, 6) is 0.0999. The SMILES string of the molecule is C=Cc1cncc(C(=O)OCC)c1CC1(C#N)c2cc(OCc3ccccc3)c(OC)cc2CCN1C(=O)c1ccccc1. The Bertz CT molecular complexity index is 1720. The Morgan fingerprint density at radius 3 is 2.45 bits per heavy atom. The predicted molar refractivity (Wildman–Crippen MR) is 166 cm³/mol. The summed E-state index contributed by atoms with van der Waals surface area (Å²) >= 11 is 0. The average molecular weight is 588 g/mol. The van der Waals surface area contributed by atoms with Crippen LogP contribution in [0, 0.1) is 11.3 Å². The first-order chi connectivity index (χ1) is 21.4. The highest BCUT2D eigenvalue weighted by Gasteiger charge is 2.47. The lowest BCUT2D eigenvalue weighted by atomic mass is 9.75. The minimum Gasteiger partial charge on any atom is -0.493 e. The number of nitrogens with zero attached hydrogens (tertiary/aromatic N) is 3. The van der Waals surface area contributed by atoms with Crippen molar-refractivity contribution in [3.63, 3.8) is 0 Å². The largest absolute Gasteiger partial charge is 0.493 e. The molecule has 222 valence electrons. The van der Waals surface area contributed by atoms with Crippen molar-refractivity contribution in [2.75, 3.05) is 20.3 Å². The van der Waals surface area contributed by atoms with E-state index in [1.54, 1.807) is 61.5 Å². The molecule has 5 rings (SSSR count). The van der Waals surface area contributed by atoms with Crippen LogP contribution < -0.4 is 9.47 Å². The summed E-state index contributed by atoms with van der Waals surface area (Å²) in [6.45, 7) is 6.36. The van der Waals surface area contributed by atoms with Gasteiger partial charge >= 0.3 is 5.97 Å². The van der Waals surface area contributed by atoms with Crippen molar-refractivity contribution in [2.45, 2.75) is 31.9 Å². The number of pyridine rings is 1. The van der Waals surface area contributed by atoms with Gasteiger partial charge in [0, 0.05) is 30.9 Å². The molecule has 1 aliphatic heterocycles. The lowest BCUT2D eigenvalue weighted by Gasteiger charge is -2.44. The summed E-state index contributed by atoms with van der Waals surface area (Å²) in [6.07, 6.45) is 5.08. The Hall–Kier alpha value is -5.42. The summed E-state index contributed by atoms with van der Waals surface area (Å²) in [5, 5.41) is 11.2. The molecule has 8 nitrogen and oxygen atoms in total. The van der Waals surface area contributed by atoms with Crippen LogP contribution in [-0.4, -0.2) is 42.0 Å². The molecule has 0 radical (unpaired) electrons. The molecule has 1 unspecified atom stereocenters. The first-order valence-corrected chi connectivity index (χ1v) is 14.4. The van der Waals surface area contributed by atoms with E-state index in [9.17, 15) is 14.9 Å². The number of methoxy groups -OCH3 is 1. The predicted octanol–water partition coefficient (Wildman–Crippen LogP) is 6.15. The number of fused-ring (bicyclic) bond motifs is 1. The van der Waals surface area contributed by atoms with Gasteiger partial charge in [-0.3, -0.25) is 9.78 Å². The number of nitriles is 1. The third kappa shape index (κ3) is 5.77. The molecule has 0 fully saturated rings. The molecule has 44 heavy (non-hydrogen) atoms. The van der Waals surface area contributed by atoms with Gasteiger partial charge in [0.1, 0.15) is 6.61 Å². The molecule has 1 atom stereocenters. The Kier molecular flexibility index (Phi) is 9.06. The number of hydrogen-bond donors (Lipinski definition) is 0. The van der Waals surface area contributed by atoms with Crippen molar-refractivity contribution in [3.05, 3.63) is 131 Å². The van der Waals surface area contributed by atoms with Gasteiger partial charge in [-0.15, -0.1) is 0 Å². The molecule has 1 amide bonds. The van der Waals surface area contributed by atoms with Crippen LogP contribution in [-0.2, 0) is 29.7 Å². The van der Waals surface area contributed by atoms with Gasteiger partial charge in [0.05, 0.1) is 25.3 Å². The van der Waals surface area contributed by atoms with E-state index >= 15 is 0 Å². The average Bonchev–Trinajstić information content (AvgIpc) is 3.07. The van der Waals surface area contributed by atoms with Crippen LogP contribution in [0.4, 0.5) is 0 Å². The van der Waals surface area contributed by atoms with E-state index in [-0.39, 0.29) is 37.6 Å². The van der Waals surface area contributed by atoms with Crippen molar-refractivity contribution in [3.8, 4) is 17.6 Å². The second-order valence-corrected chi connectivity index (χ2v) is 10.3. The fourth-order valence-electron chi connectivity index (χ4n) is 5.65. The maximum Gasteiger partial charge on any atom is 0.339 e. The van der Waals surface area contributed by atoms with Gasteiger partial charge in [-0.1, -0.05) is 61.2 Å². The molecule has 1 aliphatic rings. The molecule has 2 heterocycles. The van der Waals surface area contributed by atoms with Crippen molar-refractivity contribution in [2.24, 2.45) is 0 Å². The lowest BCUT2D eigenvalue weighted by Crippen LogP contribution is -2.54. The van der Waals surface area contributed by atoms with Crippen LogP contribution in [0.15, 0.2) is 91.8 Å². The molecule has 8 heteroatoms. The molecule has 0 saturated carbocycles. The molecule has 0 saturated heterocycles. The topological polar surface area (TPSA) is 102 Å². The molecule has 0 aliphatic carbocycles. The summed E-state index contributed by atoms with van der Waals surface area (Å²) in [4.78, 5) is 33.1. The van der Waals surface area contributed by atoms with Crippen molar-refractivity contribution >= 4 is 18.0 Å². The van der Waals surface area contributed by atoms with Crippen LogP contribution in [0.5, 0.6) is 11.5 Å². The number of carbonyl (C=O) groups excluding carboxylic acids is 2. The summed E-state index contributed by atoms with van der Waals surface area (Å²) in [6, 6.07) is 24.8. The van der Waals surface area contributed by atoms with Gasteiger partial charge in [-0.25, -0.2) is 4.79 Å². The minimum atomic E-state index is -1.53. The molecule has 4 aromatic rings. The highest BCUT2D eigenvalue weighted by molar-refractivity contribution is 5.96. The number of ether oxygens (including phenoxy) is 3. The second kappa shape index (κ2) is 13.3. The number of carbonyl (C=O) groups is 2. The molecule has 0 N–H and O–H groups in total. The molecular formula is C36H33N3O5. The van der Waals surface area contributed by atoms with Gasteiger partial charge in [0.25, 0.3) is 5.91 Å². The monoisotopic (exact) mass is 587 g/mol. The zero-order valence-electron chi connectivity index (χ0n) is 24.8. The first kappa shape index (κ1) is 30.1. The van der Waals surface area contributed by atoms with Crippen molar-refractivity contribution < 1.29 is 23.8 Å². The third-order valence-corrected chi connectivity index (χ3v) is 7.83. The Morgan fingerprint density at radius 1 is 1.07 bits per heavy atom. The summed E-state index contributed by atoms with van der Waals surface area (Å²) in [5.41, 5.74) is 2.63. The summed E-state index contributed by atoms with van der Waals surface area (Å²) < 4.78 is 17.3. The van der Waals surface area contributed by atoms with Gasteiger partial charge in [-0.2, -0.15) is 5.26 Å². The van der Waals surface area contributed by atoms with E-state index in [1.165, 1.54) is 6.20 Å². The molecular weight excluding hydrogens is 554 g/mol. The lowest BCUT2D eigenvalue weighted by molar-refractivity contribution is 0.0519. The summed E-state index contributed by atoms with van der Waals surface area (Å²) in [7, 11) is 1.57. The van der Waals surface area contributed by atoms with E-state index in [0.29, 0.717) is 40.2 Å². The number of aromatic nitrogens is 1. The van der Waals surface area contributed by atoms with Crippen molar-refractivity contribution in [1.29, 1.82) is 5.26 Å². The first-order valence-electron chi connectivity index (χ1n) is 14.4. The standard InChI is InChI=1S/C36H33N3O5/c1-4-26-21-38-22-30(35(41)43-5-2)29(26)20-36(24-37)31-19-33(44-23-25-12-8-6-9-13-25)32(42-3)18-28(31)16-17-39(36)34(40)27-14-10-7-11-15-27/h4,6-15,18-19,21-22H,1,5,16-17,20,23H2,2-3H3. The van der Waals surface area contributed by atoms with Crippen LogP contribution in [0.1, 0.15) is 55.5 Å². The zero-order valence-corrected chi connectivity index (χ0v) is 24.8. The fraction of sp³-hybridized carbons (Fsp3) is 0.222. The highest BCUT2D eigenvalue weighted by Crippen LogP contribution is 2.45. The number of benzene rings is 3. The Balaban J connectivity index is 1.70. The van der Waals surface area contributed by atoms with E-state index in [1.807, 2.05) is 42.5 Å². The smallest absolute Gasteiger partial charge is 0.339 e. The number of hydrogen-bond acceptors (Lipinski definition) is 7. The second-order valence-electron chi connectivity index (χ2n) is 10.3. The Morgan fingerprint density at radius 2 is 1.80 bits per heavy atom. The molecule has 0 spiro atoms. The van der Waals surface area contributed by atoms with Gasteiger partial charge < -0.3 is 19.1 Å². The van der Waals surface area contributed by atoms with Crippen molar-refractivity contribution in [1.82, 2.24) is 9.88 Å². The third-order valence-electron chi connectivity index (χ3n) is 7.83. The quantitative estimate of drug-likeness (QED) is 0.205. The van der Waals surface area contributed by atoms with E-state index in [4.69, 9.17) is 14.2 Å². The normalized spacial score (nSPS) is 15.4. The van der Waals surface area contributed by atoms with Crippen LogP contribution >= 0.6 is 0 Å². The molecule has 1 aromatic heterocycles. The molecule has 0 bridgehead atoms. The van der Waals surface area contributed by atoms with Crippen LogP contribution in [0.2, 0.25) is 0 Å². The zero-order chi connectivity index (χ0) is 31.1. The molecule has 3 aromatic carbocycles. The number of esters is 1. The van der Waals surface area contributed by atoms with E-state index in [0.717, 1.165) is 11.1 Å². The van der Waals surface area contributed by atoms with E-state index < -0.39 is 11.5 Å².